The highest BCUT2D eigenvalue weighted by atomic mass is 35.5. The molecule has 0 atom stereocenters. The zero-order valence-electron chi connectivity index (χ0n) is 10.4. The van der Waals surface area contributed by atoms with Crippen molar-refractivity contribution in [2.24, 2.45) is 0 Å². The van der Waals surface area contributed by atoms with Crippen LogP contribution in [0.15, 0.2) is 18.3 Å². The van der Waals surface area contributed by atoms with Crippen LogP contribution in [0.1, 0.15) is 25.8 Å². The van der Waals surface area contributed by atoms with E-state index < -0.39 is 0 Å². The second kappa shape index (κ2) is 5.49. The lowest BCUT2D eigenvalue weighted by atomic mass is 10.1. The lowest BCUT2D eigenvalue weighted by Crippen LogP contribution is -2.27. The van der Waals surface area contributed by atoms with Gasteiger partial charge in [-0.15, -0.1) is 11.6 Å². The Balaban J connectivity index is 2.11. The summed E-state index contributed by atoms with van der Waals surface area (Å²) < 4.78 is 0.388. The average molecular weight is 271 g/mol. The van der Waals surface area contributed by atoms with Crippen LogP contribution >= 0.6 is 23.4 Å². The number of hydrogen-bond acceptors (Lipinski definition) is 3. The molecule has 1 aliphatic rings. The molecule has 0 unspecified atom stereocenters. The van der Waals surface area contributed by atoms with Crippen molar-refractivity contribution in [1.29, 1.82) is 0 Å². The minimum atomic E-state index is 0.388. The Morgan fingerprint density at radius 2 is 2.29 bits per heavy atom. The van der Waals surface area contributed by atoms with Gasteiger partial charge in [-0.25, -0.2) is 4.98 Å². The molecule has 0 aromatic carbocycles. The maximum absolute atomic E-state index is 5.86. The van der Waals surface area contributed by atoms with Gasteiger partial charge in [0.2, 0.25) is 0 Å². The van der Waals surface area contributed by atoms with Crippen LogP contribution in [-0.4, -0.2) is 28.6 Å². The van der Waals surface area contributed by atoms with Gasteiger partial charge in [-0.05, 0) is 24.1 Å². The van der Waals surface area contributed by atoms with E-state index in [1.165, 1.54) is 12.2 Å². The molecule has 1 fully saturated rings. The summed E-state index contributed by atoms with van der Waals surface area (Å²) in [6, 6.07) is 4.09. The monoisotopic (exact) mass is 270 g/mol. The summed E-state index contributed by atoms with van der Waals surface area (Å²) in [6.07, 6.45) is 3.06. The third kappa shape index (κ3) is 3.52. The van der Waals surface area contributed by atoms with Crippen molar-refractivity contribution in [3.05, 3.63) is 23.9 Å². The highest BCUT2D eigenvalue weighted by Crippen LogP contribution is 2.31. The molecule has 2 nitrogen and oxygen atoms in total. The van der Waals surface area contributed by atoms with E-state index in [4.69, 9.17) is 11.6 Å². The molecular formula is C13H19ClN2S. The van der Waals surface area contributed by atoms with Crippen LogP contribution in [0.3, 0.4) is 0 Å². The predicted molar refractivity (Wildman–Crippen MR) is 77.2 cm³/mol. The molecule has 1 saturated heterocycles. The number of thioether (sulfide) groups is 1. The minimum absolute atomic E-state index is 0.388. The number of nitrogens with zero attached hydrogens (tertiary/aromatic N) is 2. The highest BCUT2D eigenvalue weighted by Gasteiger charge is 2.24. The average Bonchev–Trinajstić information content (AvgIpc) is 2.50. The van der Waals surface area contributed by atoms with Crippen LogP contribution in [0.5, 0.6) is 0 Å². The molecule has 2 rings (SSSR count). The van der Waals surface area contributed by atoms with E-state index in [1.54, 1.807) is 0 Å². The molecule has 0 saturated carbocycles. The summed E-state index contributed by atoms with van der Waals surface area (Å²) in [6.45, 7) is 6.80. The van der Waals surface area contributed by atoms with E-state index in [1.807, 2.05) is 12.3 Å². The largest absolute Gasteiger partial charge is 0.356 e. The fourth-order valence-corrected chi connectivity index (χ4v) is 3.23. The molecule has 0 radical (unpaired) electrons. The van der Waals surface area contributed by atoms with Crippen LogP contribution in [0.25, 0.3) is 0 Å². The smallest absolute Gasteiger partial charge is 0.128 e. The molecule has 0 spiro atoms. The van der Waals surface area contributed by atoms with E-state index in [0.29, 0.717) is 10.6 Å². The number of hydrogen-bond donors (Lipinski definition) is 0. The van der Waals surface area contributed by atoms with Crippen molar-refractivity contribution >= 4 is 29.2 Å². The summed E-state index contributed by atoms with van der Waals surface area (Å²) in [5.41, 5.74) is 1.15. The first kappa shape index (κ1) is 13.0. The molecule has 0 amide bonds. The molecule has 1 aromatic rings. The van der Waals surface area contributed by atoms with E-state index in [9.17, 15) is 0 Å². The Kier molecular flexibility index (Phi) is 4.21. The molecular weight excluding hydrogens is 252 g/mol. The van der Waals surface area contributed by atoms with Crippen LogP contribution in [0.2, 0.25) is 0 Å². The van der Waals surface area contributed by atoms with E-state index in [0.717, 1.165) is 24.5 Å². The van der Waals surface area contributed by atoms with Gasteiger partial charge in [0.1, 0.15) is 5.82 Å². The lowest BCUT2D eigenvalue weighted by Gasteiger charge is -2.23. The molecule has 1 aliphatic heterocycles. The third-order valence-corrected chi connectivity index (χ3v) is 4.81. The Hall–Kier alpha value is -0.410. The van der Waals surface area contributed by atoms with Gasteiger partial charge in [0.25, 0.3) is 0 Å². The summed E-state index contributed by atoms with van der Waals surface area (Å²) in [5.74, 6) is 2.80. The fourth-order valence-electron chi connectivity index (χ4n) is 1.97. The van der Waals surface area contributed by atoms with Gasteiger partial charge < -0.3 is 4.90 Å². The van der Waals surface area contributed by atoms with E-state index >= 15 is 0 Å². The number of rotatable bonds is 2. The van der Waals surface area contributed by atoms with Crippen molar-refractivity contribution < 1.29 is 0 Å². The van der Waals surface area contributed by atoms with Crippen LogP contribution in [0, 0.1) is 0 Å². The van der Waals surface area contributed by atoms with Crippen LogP contribution < -0.4 is 4.90 Å². The first-order valence-electron chi connectivity index (χ1n) is 6.00. The summed E-state index contributed by atoms with van der Waals surface area (Å²) in [7, 11) is 0. The Morgan fingerprint density at radius 3 is 3.06 bits per heavy atom. The maximum atomic E-state index is 5.86. The Labute approximate surface area is 113 Å². The van der Waals surface area contributed by atoms with Crippen molar-refractivity contribution in [3.63, 3.8) is 0 Å². The zero-order valence-corrected chi connectivity index (χ0v) is 12.0. The molecule has 4 heteroatoms. The van der Waals surface area contributed by atoms with E-state index in [2.05, 4.69) is 41.6 Å². The minimum Gasteiger partial charge on any atom is -0.356 e. The first-order chi connectivity index (χ1) is 8.11. The molecule has 17 heavy (non-hydrogen) atoms. The molecule has 0 bridgehead atoms. The van der Waals surface area contributed by atoms with Gasteiger partial charge in [-0.2, -0.15) is 11.8 Å². The number of aromatic nitrogens is 1. The molecule has 0 N–H and O–H groups in total. The Bertz CT molecular complexity index is 381. The van der Waals surface area contributed by atoms with Gasteiger partial charge in [0.05, 0.1) is 0 Å². The fraction of sp³-hybridized carbons (Fsp3) is 0.615. The number of pyridine rings is 1. The van der Waals surface area contributed by atoms with Gasteiger partial charge in [-0.3, -0.25) is 0 Å². The quantitative estimate of drug-likeness (QED) is 0.765. The number of anilines is 1. The van der Waals surface area contributed by atoms with Gasteiger partial charge in [0, 0.05) is 35.7 Å². The normalized spacial score (nSPS) is 20.1. The third-order valence-electron chi connectivity index (χ3n) is 3.13. The number of halogens is 1. The lowest BCUT2D eigenvalue weighted by molar-refractivity contribution is 0.635. The summed E-state index contributed by atoms with van der Waals surface area (Å²) in [5, 5.41) is 0. The molecule has 1 aromatic heterocycles. The van der Waals surface area contributed by atoms with Crippen molar-refractivity contribution in [2.75, 3.05) is 23.7 Å². The van der Waals surface area contributed by atoms with Crippen molar-refractivity contribution in [3.8, 4) is 0 Å². The summed E-state index contributed by atoms with van der Waals surface area (Å²) in [4.78, 5) is 6.83. The van der Waals surface area contributed by atoms with Gasteiger partial charge >= 0.3 is 0 Å². The van der Waals surface area contributed by atoms with Crippen LogP contribution in [-0.2, 0) is 5.88 Å². The molecule has 2 heterocycles. The predicted octanol–water partition coefficient (Wildman–Crippen LogP) is 3.54. The second-order valence-corrected chi connectivity index (χ2v) is 7.07. The van der Waals surface area contributed by atoms with Crippen molar-refractivity contribution in [2.45, 2.75) is 30.9 Å². The second-order valence-electron chi connectivity index (χ2n) is 5.00. The number of alkyl halides is 1. The van der Waals surface area contributed by atoms with Crippen molar-refractivity contribution in [1.82, 2.24) is 4.98 Å². The molecule has 94 valence electrons. The molecule has 0 aliphatic carbocycles. The van der Waals surface area contributed by atoms with Gasteiger partial charge in [-0.1, -0.05) is 13.8 Å². The Morgan fingerprint density at radius 1 is 1.47 bits per heavy atom. The maximum Gasteiger partial charge on any atom is 0.128 e. The zero-order chi connectivity index (χ0) is 12.3. The van der Waals surface area contributed by atoms with Crippen LogP contribution in [0.4, 0.5) is 5.82 Å². The topological polar surface area (TPSA) is 16.1 Å². The standard InChI is InChI=1S/C13H19ClN2S/c1-13(2)4-6-16(7-8-17-13)12-9-11(10-14)3-5-15-12/h3,5,9H,4,6-8,10H2,1-2H3. The van der Waals surface area contributed by atoms with Gasteiger partial charge in [0.15, 0.2) is 0 Å². The highest BCUT2D eigenvalue weighted by molar-refractivity contribution is 8.00. The SMILES string of the molecule is CC1(C)CCN(c2cc(CCl)ccn2)CCS1. The summed E-state index contributed by atoms with van der Waals surface area (Å²) >= 11 is 7.92. The first-order valence-corrected chi connectivity index (χ1v) is 7.52. The van der Waals surface area contributed by atoms with E-state index in [-0.39, 0.29) is 0 Å².